The number of hydrogen-bond donors (Lipinski definition) is 1. The van der Waals surface area contributed by atoms with E-state index >= 15 is 0 Å². The number of aliphatic hydroxyl groups excluding tert-OH is 1. The Labute approximate surface area is 158 Å². The van der Waals surface area contributed by atoms with Crippen LogP contribution < -0.4 is 0 Å². The van der Waals surface area contributed by atoms with Crippen molar-refractivity contribution in [3.63, 3.8) is 0 Å². The van der Waals surface area contributed by atoms with Gasteiger partial charge in [-0.3, -0.25) is 9.48 Å². The van der Waals surface area contributed by atoms with Crippen molar-refractivity contribution in [2.75, 3.05) is 19.7 Å². The maximum Gasteiger partial charge on any atom is 0.289 e. The summed E-state index contributed by atoms with van der Waals surface area (Å²) in [5.41, 5.74) is 2.70. The minimum atomic E-state index is -0.0279. The van der Waals surface area contributed by atoms with Crippen molar-refractivity contribution in [2.24, 2.45) is 0 Å². The van der Waals surface area contributed by atoms with Gasteiger partial charge >= 0.3 is 0 Å². The molecule has 1 aromatic carbocycles. The molecule has 6 heteroatoms. The van der Waals surface area contributed by atoms with Crippen molar-refractivity contribution < 1.29 is 14.3 Å². The Balaban J connectivity index is 1.55. The van der Waals surface area contributed by atoms with Gasteiger partial charge in [0.2, 0.25) is 0 Å². The van der Waals surface area contributed by atoms with Crippen molar-refractivity contribution >= 4 is 5.91 Å². The van der Waals surface area contributed by atoms with E-state index in [2.05, 4.69) is 5.10 Å². The Morgan fingerprint density at radius 1 is 1.07 bits per heavy atom. The molecule has 1 aliphatic heterocycles. The minimum absolute atomic E-state index is 0.0279. The van der Waals surface area contributed by atoms with Gasteiger partial charge in [0, 0.05) is 30.4 Å². The van der Waals surface area contributed by atoms with Gasteiger partial charge in [0.1, 0.15) is 5.76 Å². The fourth-order valence-electron chi connectivity index (χ4n) is 3.44. The second-order valence-electron chi connectivity index (χ2n) is 6.79. The maximum absolute atomic E-state index is 12.6. The third-order valence-electron chi connectivity index (χ3n) is 4.87. The van der Waals surface area contributed by atoms with Gasteiger partial charge in [0.25, 0.3) is 5.91 Å². The molecular weight excluding hydrogens is 342 g/mol. The molecule has 1 amide bonds. The molecule has 140 valence electrons. The van der Waals surface area contributed by atoms with E-state index in [1.54, 1.807) is 10.7 Å². The number of carbonyl (C=O) groups is 1. The largest absolute Gasteiger partial charge is 0.451 e. The van der Waals surface area contributed by atoms with Crippen molar-refractivity contribution in [1.82, 2.24) is 14.7 Å². The molecule has 2 aromatic heterocycles. The summed E-state index contributed by atoms with van der Waals surface area (Å²) in [4.78, 5) is 14.5. The quantitative estimate of drug-likeness (QED) is 0.752. The van der Waals surface area contributed by atoms with E-state index < -0.39 is 0 Å². The van der Waals surface area contributed by atoms with Crippen LogP contribution in [-0.4, -0.2) is 45.4 Å². The van der Waals surface area contributed by atoms with E-state index in [1.807, 2.05) is 47.5 Å². The number of piperidine rings is 1. The lowest BCUT2D eigenvalue weighted by molar-refractivity contribution is 0.0693. The number of aromatic nitrogens is 2. The molecule has 0 bridgehead atoms. The zero-order valence-electron chi connectivity index (χ0n) is 15.2. The Morgan fingerprint density at radius 3 is 2.70 bits per heavy atom. The van der Waals surface area contributed by atoms with Crippen molar-refractivity contribution in [2.45, 2.75) is 25.8 Å². The van der Waals surface area contributed by atoms with Crippen LogP contribution in [0.3, 0.4) is 0 Å². The zero-order chi connectivity index (χ0) is 18.6. The second kappa shape index (κ2) is 7.80. The molecule has 0 spiro atoms. The summed E-state index contributed by atoms with van der Waals surface area (Å²) in [6.45, 7) is 2.14. The summed E-state index contributed by atoms with van der Waals surface area (Å²) in [6.07, 6.45) is 5.16. The fraction of sp³-hybridized carbons (Fsp3) is 0.333. The number of amides is 1. The molecule has 0 radical (unpaired) electrons. The van der Waals surface area contributed by atoms with E-state index in [0.717, 1.165) is 42.8 Å². The first-order valence-corrected chi connectivity index (χ1v) is 9.39. The van der Waals surface area contributed by atoms with Crippen LogP contribution in [0.5, 0.6) is 0 Å². The first-order valence-electron chi connectivity index (χ1n) is 9.39. The van der Waals surface area contributed by atoms with Crippen LogP contribution in [0.2, 0.25) is 0 Å². The monoisotopic (exact) mass is 365 g/mol. The molecule has 6 nitrogen and oxygen atoms in total. The predicted molar refractivity (Wildman–Crippen MR) is 102 cm³/mol. The summed E-state index contributed by atoms with van der Waals surface area (Å²) in [6, 6.07) is 13.4. The van der Waals surface area contributed by atoms with Crippen LogP contribution >= 0.6 is 0 Å². The van der Waals surface area contributed by atoms with Gasteiger partial charge in [-0.1, -0.05) is 18.2 Å². The highest BCUT2D eigenvalue weighted by Gasteiger charge is 2.21. The van der Waals surface area contributed by atoms with Gasteiger partial charge < -0.3 is 14.4 Å². The molecular formula is C21H23N3O3. The Kier molecular flexibility index (Phi) is 5.07. The standard InChI is InChI=1S/C21H23N3O3/c25-14-13-24-12-9-18(22-24)16-5-4-6-17(15-16)19-7-8-20(27-19)21(26)23-10-2-1-3-11-23/h4-9,12,15,25H,1-3,10-11,13-14H2. The number of likely N-dealkylation sites (tertiary alicyclic amines) is 1. The maximum atomic E-state index is 12.6. The number of hydrogen-bond acceptors (Lipinski definition) is 4. The second-order valence-corrected chi connectivity index (χ2v) is 6.79. The first kappa shape index (κ1) is 17.5. The third-order valence-corrected chi connectivity index (χ3v) is 4.87. The number of rotatable bonds is 5. The van der Waals surface area contributed by atoms with Crippen molar-refractivity contribution in [3.8, 4) is 22.6 Å². The molecule has 0 aliphatic carbocycles. The van der Waals surface area contributed by atoms with Crippen LogP contribution in [-0.2, 0) is 6.54 Å². The van der Waals surface area contributed by atoms with Crippen LogP contribution in [0.15, 0.2) is 53.1 Å². The average molecular weight is 365 g/mol. The molecule has 0 saturated carbocycles. The molecule has 3 aromatic rings. The molecule has 0 atom stereocenters. The highest BCUT2D eigenvalue weighted by molar-refractivity contribution is 5.92. The summed E-state index contributed by atoms with van der Waals surface area (Å²) in [7, 11) is 0. The lowest BCUT2D eigenvalue weighted by Crippen LogP contribution is -2.35. The van der Waals surface area contributed by atoms with Gasteiger partial charge in [0.05, 0.1) is 18.8 Å². The molecule has 3 heterocycles. The fourth-order valence-corrected chi connectivity index (χ4v) is 3.44. The number of aliphatic hydroxyl groups is 1. The van der Waals surface area contributed by atoms with E-state index in [9.17, 15) is 4.79 Å². The van der Waals surface area contributed by atoms with Gasteiger partial charge in [-0.25, -0.2) is 0 Å². The normalized spacial score (nSPS) is 14.5. The molecule has 27 heavy (non-hydrogen) atoms. The number of nitrogens with zero attached hydrogens (tertiary/aromatic N) is 3. The Hall–Kier alpha value is -2.86. The van der Waals surface area contributed by atoms with Crippen LogP contribution in [0.4, 0.5) is 0 Å². The first-order chi connectivity index (χ1) is 13.2. The van der Waals surface area contributed by atoms with Crippen LogP contribution in [0.25, 0.3) is 22.6 Å². The third kappa shape index (κ3) is 3.80. The highest BCUT2D eigenvalue weighted by atomic mass is 16.4. The van der Waals surface area contributed by atoms with Gasteiger partial charge in [-0.15, -0.1) is 0 Å². The van der Waals surface area contributed by atoms with E-state index in [1.165, 1.54) is 6.42 Å². The summed E-state index contributed by atoms with van der Waals surface area (Å²) < 4.78 is 7.58. The number of benzene rings is 1. The summed E-state index contributed by atoms with van der Waals surface area (Å²) in [5, 5.41) is 13.5. The number of carbonyl (C=O) groups excluding carboxylic acids is 1. The average Bonchev–Trinajstić information content (AvgIpc) is 3.39. The minimum Gasteiger partial charge on any atom is -0.451 e. The smallest absolute Gasteiger partial charge is 0.289 e. The summed E-state index contributed by atoms with van der Waals surface area (Å²) >= 11 is 0. The summed E-state index contributed by atoms with van der Waals surface area (Å²) in [5.74, 6) is 1.04. The molecule has 1 N–H and O–H groups in total. The topological polar surface area (TPSA) is 71.5 Å². The lowest BCUT2D eigenvalue weighted by atomic mass is 10.1. The van der Waals surface area contributed by atoms with E-state index in [0.29, 0.717) is 18.1 Å². The zero-order valence-corrected chi connectivity index (χ0v) is 15.2. The molecule has 4 rings (SSSR count). The molecule has 1 fully saturated rings. The van der Waals surface area contributed by atoms with Crippen molar-refractivity contribution in [3.05, 3.63) is 54.4 Å². The van der Waals surface area contributed by atoms with Crippen molar-refractivity contribution in [1.29, 1.82) is 0 Å². The van der Waals surface area contributed by atoms with Gasteiger partial charge in [-0.2, -0.15) is 5.10 Å². The SMILES string of the molecule is O=C(c1ccc(-c2cccc(-c3ccn(CCO)n3)c2)o1)N1CCCCC1. The van der Waals surface area contributed by atoms with Gasteiger partial charge in [-0.05, 0) is 43.5 Å². The molecule has 1 saturated heterocycles. The lowest BCUT2D eigenvalue weighted by Gasteiger charge is -2.25. The Morgan fingerprint density at radius 2 is 1.89 bits per heavy atom. The highest BCUT2D eigenvalue weighted by Crippen LogP contribution is 2.27. The van der Waals surface area contributed by atoms with Crippen LogP contribution in [0, 0.1) is 0 Å². The van der Waals surface area contributed by atoms with Gasteiger partial charge in [0.15, 0.2) is 5.76 Å². The van der Waals surface area contributed by atoms with E-state index in [-0.39, 0.29) is 12.5 Å². The van der Waals surface area contributed by atoms with E-state index in [4.69, 9.17) is 9.52 Å². The number of furan rings is 1. The Bertz CT molecular complexity index is 922. The van der Waals surface area contributed by atoms with Crippen LogP contribution in [0.1, 0.15) is 29.8 Å². The molecule has 1 aliphatic rings. The predicted octanol–water partition coefficient (Wildman–Crippen LogP) is 3.43. The molecule has 0 unspecified atom stereocenters.